The van der Waals surface area contributed by atoms with E-state index in [1.807, 2.05) is 0 Å². The van der Waals surface area contributed by atoms with Crippen LogP contribution in [0.15, 0.2) is 42.5 Å². The summed E-state index contributed by atoms with van der Waals surface area (Å²) in [5.41, 5.74) is 1.43. The Morgan fingerprint density at radius 2 is 1.58 bits per heavy atom. The highest BCUT2D eigenvalue weighted by molar-refractivity contribution is 6.22. The van der Waals surface area contributed by atoms with Crippen molar-refractivity contribution in [3.63, 3.8) is 0 Å². The average Bonchev–Trinajstić information content (AvgIpc) is 3.16. The van der Waals surface area contributed by atoms with Crippen LogP contribution in [0.5, 0.6) is 5.75 Å². The number of likely N-dealkylation sites (tertiary alicyclic amines) is 1. The zero-order chi connectivity index (χ0) is 27.4. The van der Waals surface area contributed by atoms with Gasteiger partial charge in [0.1, 0.15) is 5.75 Å². The first-order valence-electron chi connectivity index (χ1n) is 12.7. The second-order valence-electron chi connectivity index (χ2n) is 9.59. The van der Waals surface area contributed by atoms with E-state index in [4.69, 9.17) is 9.47 Å². The molecule has 0 saturated carbocycles. The Kier molecular flexibility index (Phi) is 8.09. The van der Waals surface area contributed by atoms with E-state index in [-0.39, 0.29) is 53.5 Å². The van der Waals surface area contributed by atoms with Gasteiger partial charge in [-0.1, -0.05) is 0 Å². The molecule has 10 nitrogen and oxygen atoms in total. The topological polar surface area (TPSA) is 122 Å². The minimum atomic E-state index is -0.799. The summed E-state index contributed by atoms with van der Waals surface area (Å²) in [6, 6.07) is 10.6. The lowest BCUT2D eigenvalue weighted by Crippen LogP contribution is -2.41. The highest BCUT2D eigenvalue weighted by Crippen LogP contribution is 2.27. The molecule has 2 aromatic rings. The number of ether oxygens (including phenoxy) is 2. The summed E-state index contributed by atoms with van der Waals surface area (Å²) in [5, 5.41) is 2.93. The number of amides is 4. The maximum atomic E-state index is 13.1. The maximum Gasteiger partial charge on any atom is 0.513 e. The van der Waals surface area contributed by atoms with Crippen LogP contribution in [0.1, 0.15) is 75.0 Å². The predicted molar refractivity (Wildman–Crippen MR) is 137 cm³/mol. The number of hydrogen-bond acceptors (Lipinski definition) is 7. The fraction of sp³-hybridized carbons (Fsp3) is 0.393. The molecule has 4 amide bonds. The number of rotatable bonds is 7. The summed E-state index contributed by atoms with van der Waals surface area (Å²) in [6.07, 6.45) is 0.649. The first-order valence-corrected chi connectivity index (χ1v) is 12.7. The van der Waals surface area contributed by atoms with Gasteiger partial charge in [0.25, 0.3) is 23.6 Å². The van der Waals surface area contributed by atoms with Crippen molar-refractivity contribution in [2.24, 2.45) is 5.92 Å². The highest BCUT2D eigenvalue weighted by Gasteiger charge is 2.38. The van der Waals surface area contributed by atoms with E-state index in [1.54, 1.807) is 49.9 Å². The van der Waals surface area contributed by atoms with Crippen LogP contribution in [0.3, 0.4) is 0 Å². The lowest BCUT2D eigenvalue weighted by atomic mass is 9.95. The Morgan fingerprint density at radius 1 is 0.947 bits per heavy atom. The first-order chi connectivity index (χ1) is 18.2. The van der Waals surface area contributed by atoms with Gasteiger partial charge in [-0.2, -0.15) is 0 Å². The van der Waals surface area contributed by atoms with Gasteiger partial charge in [0.2, 0.25) is 0 Å². The monoisotopic (exact) mass is 521 g/mol. The van der Waals surface area contributed by atoms with Gasteiger partial charge in [0, 0.05) is 36.8 Å². The molecule has 0 aromatic heterocycles. The fourth-order valence-electron chi connectivity index (χ4n) is 4.64. The molecule has 0 bridgehead atoms. The molecule has 38 heavy (non-hydrogen) atoms. The van der Waals surface area contributed by atoms with E-state index in [1.165, 1.54) is 23.1 Å². The molecule has 1 saturated heterocycles. The van der Waals surface area contributed by atoms with Gasteiger partial charge in [-0.25, -0.2) is 4.79 Å². The molecule has 4 rings (SSSR count). The van der Waals surface area contributed by atoms with Crippen molar-refractivity contribution in [3.05, 3.63) is 64.7 Å². The van der Waals surface area contributed by atoms with Gasteiger partial charge in [0.15, 0.2) is 0 Å². The SMILES string of the molecule is CCOC(=O)Oc1ccc(C(=O)NCC2CCN(C(=O)c3ccc4c(c3)C(=O)N(C(C)C)C4=O)CC2)cc1. The highest BCUT2D eigenvalue weighted by atomic mass is 16.7. The molecule has 200 valence electrons. The van der Waals surface area contributed by atoms with E-state index in [2.05, 4.69) is 5.32 Å². The summed E-state index contributed by atoms with van der Waals surface area (Å²) in [4.78, 5) is 65.1. The number of carbonyl (C=O) groups excluding carboxylic acids is 5. The molecule has 2 heterocycles. The quantitative estimate of drug-likeness (QED) is 0.336. The number of nitrogens with one attached hydrogen (secondary N) is 1. The van der Waals surface area contributed by atoms with E-state index < -0.39 is 6.16 Å². The Bertz CT molecular complexity index is 1250. The number of hydrogen-bond donors (Lipinski definition) is 1. The van der Waals surface area contributed by atoms with Crippen molar-refractivity contribution >= 4 is 29.8 Å². The molecule has 0 spiro atoms. The smallest absolute Gasteiger partial charge is 0.434 e. The van der Waals surface area contributed by atoms with Gasteiger partial charge < -0.3 is 19.7 Å². The van der Waals surface area contributed by atoms with Crippen molar-refractivity contribution in [1.29, 1.82) is 0 Å². The molecule has 1 fully saturated rings. The number of benzene rings is 2. The third-order valence-corrected chi connectivity index (χ3v) is 6.71. The van der Waals surface area contributed by atoms with E-state index >= 15 is 0 Å². The molecular weight excluding hydrogens is 490 g/mol. The van der Waals surface area contributed by atoms with E-state index in [9.17, 15) is 24.0 Å². The summed E-state index contributed by atoms with van der Waals surface area (Å²) in [5.74, 6) is -0.613. The fourth-order valence-corrected chi connectivity index (χ4v) is 4.64. The van der Waals surface area contributed by atoms with Crippen LogP contribution >= 0.6 is 0 Å². The van der Waals surface area contributed by atoms with Gasteiger partial charge in [0.05, 0.1) is 17.7 Å². The minimum absolute atomic E-state index is 0.177. The van der Waals surface area contributed by atoms with Crippen LogP contribution < -0.4 is 10.1 Å². The lowest BCUT2D eigenvalue weighted by molar-refractivity contribution is 0.0608. The van der Waals surface area contributed by atoms with Crippen LogP contribution in [0.2, 0.25) is 0 Å². The number of fused-ring (bicyclic) bond motifs is 1. The second-order valence-corrected chi connectivity index (χ2v) is 9.59. The molecule has 10 heteroatoms. The standard InChI is InChI=1S/C28H31N3O7/c1-4-37-28(36)38-21-8-5-19(6-9-21)24(32)29-16-18-11-13-30(14-12-18)25(33)20-7-10-22-23(15-20)27(35)31(17(2)3)26(22)34/h5-10,15,17-18H,4,11-14,16H2,1-3H3,(H,29,32). The largest absolute Gasteiger partial charge is 0.513 e. The average molecular weight is 522 g/mol. The molecule has 1 N–H and O–H groups in total. The second kappa shape index (κ2) is 11.5. The molecular formula is C28H31N3O7. The molecule has 2 aliphatic heterocycles. The van der Waals surface area contributed by atoms with Crippen LogP contribution in [0.4, 0.5) is 4.79 Å². The third-order valence-electron chi connectivity index (χ3n) is 6.71. The number of imide groups is 1. The Labute approximate surface area is 220 Å². The Balaban J connectivity index is 1.27. The molecule has 0 radical (unpaired) electrons. The van der Waals surface area contributed by atoms with Gasteiger partial charge in [-0.3, -0.25) is 24.1 Å². The first kappa shape index (κ1) is 26.8. The lowest BCUT2D eigenvalue weighted by Gasteiger charge is -2.32. The molecule has 0 atom stereocenters. The van der Waals surface area contributed by atoms with Crippen LogP contribution in [0, 0.1) is 5.92 Å². The van der Waals surface area contributed by atoms with Crippen LogP contribution in [-0.4, -0.2) is 71.9 Å². The normalized spacial score (nSPS) is 15.5. The zero-order valence-electron chi connectivity index (χ0n) is 21.7. The number of nitrogens with zero attached hydrogens (tertiary/aromatic N) is 2. The molecule has 0 unspecified atom stereocenters. The van der Waals surface area contributed by atoms with Crippen LogP contribution in [-0.2, 0) is 4.74 Å². The van der Waals surface area contributed by atoms with Crippen molar-refractivity contribution in [2.45, 2.75) is 39.7 Å². The number of piperidine rings is 1. The predicted octanol–water partition coefficient (Wildman–Crippen LogP) is 3.51. The van der Waals surface area contributed by atoms with E-state index in [0.717, 1.165) is 12.8 Å². The summed E-state index contributed by atoms with van der Waals surface area (Å²) < 4.78 is 9.71. The summed E-state index contributed by atoms with van der Waals surface area (Å²) in [6.45, 7) is 6.98. The minimum Gasteiger partial charge on any atom is -0.434 e. The Hall–Kier alpha value is -4.21. The van der Waals surface area contributed by atoms with Gasteiger partial charge in [-0.05, 0) is 82.0 Å². The van der Waals surface area contributed by atoms with Crippen molar-refractivity contribution in [2.75, 3.05) is 26.2 Å². The van der Waals surface area contributed by atoms with Gasteiger partial charge >= 0.3 is 6.16 Å². The maximum absolute atomic E-state index is 13.1. The summed E-state index contributed by atoms with van der Waals surface area (Å²) >= 11 is 0. The molecule has 2 aliphatic rings. The number of carbonyl (C=O) groups is 5. The van der Waals surface area contributed by atoms with Crippen molar-refractivity contribution in [1.82, 2.24) is 15.1 Å². The van der Waals surface area contributed by atoms with Crippen LogP contribution in [0.25, 0.3) is 0 Å². The van der Waals surface area contributed by atoms with Gasteiger partial charge in [-0.15, -0.1) is 0 Å². The third kappa shape index (κ3) is 5.69. The molecule has 2 aromatic carbocycles. The Morgan fingerprint density at radius 3 is 2.21 bits per heavy atom. The van der Waals surface area contributed by atoms with Crippen molar-refractivity contribution < 1.29 is 33.4 Å². The zero-order valence-corrected chi connectivity index (χ0v) is 21.7. The summed E-state index contributed by atoms with van der Waals surface area (Å²) in [7, 11) is 0. The van der Waals surface area contributed by atoms with E-state index in [0.29, 0.717) is 36.3 Å². The van der Waals surface area contributed by atoms with Crippen molar-refractivity contribution in [3.8, 4) is 5.75 Å². The molecule has 0 aliphatic carbocycles.